The van der Waals surface area contributed by atoms with Gasteiger partial charge >= 0.3 is 6.18 Å². The number of aromatic nitrogens is 4. The Labute approximate surface area is 158 Å². The van der Waals surface area contributed by atoms with Gasteiger partial charge in [-0.2, -0.15) is 18.2 Å². The third-order valence-electron chi connectivity index (χ3n) is 4.01. The van der Waals surface area contributed by atoms with E-state index in [-0.39, 0.29) is 18.3 Å². The van der Waals surface area contributed by atoms with Gasteiger partial charge in [-0.3, -0.25) is 0 Å². The molecule has 0 atom stereocenters. The van der Waals surface area contributed by atoms with Gasteiger partial charge in [-0.25, -0.2) is 14.4 Å². The van der Waals surface area contributed by atoms with Crippen LogP contribution >= 0.6 is 0 Å². The van der Waals surface area contributed by atoms with Crippen molar-refractivity contribution in [3.63, 3.8) is 0 Å². The number of nitrogens with one attached hydrogen (secondary N) is 1. The number of imidazole rings is 1. The fourth-order valence-electron chi connectivity index (χ4n) is 2.56. The minimum absolute atomic E-state index is 0.0638. The Bertz CT molecular complexity index is 980. The number of hydrogen-bond acceptors (Lipinski definition) is 5. The van der Waals surface area contributed by atoms with Crippen LogP contribution in [0.5, 0.6) is 0 Å². The van der Waals surface area contributed by atoms with E-state index in [1.165, 1.54) is 11.0 Å². The molecule has 0 unspecified atom stereocenters. The standard InChI is InChI=1S/C18H18F4N6/c1-11-23-6-7-28(11)14-5-4-12(8-13(14)19)10-24-17-25-15(18(20,21)22)9-16(26-17)27(2)3/h4-9H,10H2,1-3H3,(H,24,25,26). The summed E-state index contributed by atoms with van der Waals surface area (Å²) >= 11 is 0. The molecular weight excluding hydrogens is 376 g/mol. The Morgan fingerprint density at radius 1 is 1.14 bits per heavy atom. The molecule has 2 heterocycles. The van der Waals surface area contributed by atoms with E-state index in [4.69, 9.17) is 0 Å². The smallest absolute Gasteiger partial charge is 0.363 e. The maximum atomic E-state index is 14.4. The summed E-state index contributed by atoms with van der Waals surface area (Å²) in [6.07, 6.45) is -1.39. The lowest BCUT2D eigenvalue weighted by Crippen LogP contribution is -2.17. The van der Waals surface area contributed by atoms with Crippen molar-refractivity contribution in [2.24, 2.45) is 0 Å². The van der Waals surface area contributed by atoms with Crippen molar-refractivity contribution < 1.29 is 17.6 Å². The maximum absolute atomic E-state index is 14.4. The molecule has 1 aromatic carbocycles. The number of aryl methyl sites for hydroxylation is 1. The quantitative estimate of drug-likeness (QED) is 0.667. The molecule has 0 saturated heterocycles. The van der Waals surface area contributed by atoms with Crippen LogP contribution in [0.25, 0.3) is 5.69 Å². The molecule has 2 aromatic heterocycles. The normalized spacial score (nSPS) is 11.5. The predicted octanol–water partition coefficient (Wildman–Crippen LogP) is 3.81. The van der Waals surface area contributed by atoms with E-state index in [1.807, 2.05) is 0 Å². The monoisotopic (exact) mass is 394 g/mol. The van der Waals surface area contributed by atoms with E-state index in [0.717, 1.165) is 6.07 Å². The molecule has 28 heavy (non-hydrogen) atoms. The summed E-state index contributed by atoms with van der Waals surface area (Å²) < 4.78 is 55.2. The summed E-state index contributed by atoms with van der Waals surface area (Å²) in [5.41, 5.74) is -0.179. The summed E-state index contributed by atoms with van der Waals surface area (Å²) in [5, 5.41) is 2.73. The Kier molecular flexibility index (Phi) is 5.21. The summed E-state index contributed by atoms with van der Waals surface area (Å²) in [6.45, 7) is 1.82. The lowest BCUT2D eigenvalue weighted by atomic mass is 10.2. The van der Waals surface area contributed by atoms with Gasteiger partial charge in [0.05, 0.1) is 5.69 Å². The lowest BCUT2D eigenvalue weighted by Gasteiger charge is -2.16. The molecule has 1 N–H and O–H groups in total. The first kappa shape index (κ1) is 19.6. The van der Waals surface area contributed by atoms with Gasteiger partial charge in [0.25, 0.3) is 0 Å². The number of nitrogens with zero attached hydrogens (tertiary/aromatic N) is 5. The van der Waals surface area contributed by atoms with Crippen LogP contribution in [0, 0.1) is 12.7 Å². The molecule has 0 amide bonds. The molecule has 0 radical (unpaired) electrons. The van der Waals surface area contributed by atoms with E-state index in [2.05, 4.69) is 20.3 Å². The van der Waals surface area contributed by atoms with Gasteiger partial charge in [0, 0.05) is 39.1 Å². The molecule has 3 rings (SSSR count). The number of hydrogen-bond donors (Lipinski definition) is 1. The van der Waals surface area contributed by atoms with Crippen molar-refractivity contribution in [1.82, 2.24) is 19.5 Å². The molecule has 0 aliphatic carbocycles. The fourth-order valence-corrected chi connectivity index (χ4v) is 2.56. The number of benzene rings is 1. The maximum Gasteiger partial charge on any atom is 0.433 e. The second-order valence-corrected chi connectivity index (χ2v) is 6.31. The Balaban J connectivity index is 1.81. The third kappa shape index (κ3) is 4.21. The first-order valence-electron chi connectivity index (χ1n) is 8.31. The average Bonchev–Trinajstić information content (AvgIpc) is 3.04. The number of alkyl halides is 3. The molecule has 0 spiro atoms. The van der Waals surface area contributed by atoms with Gasteiger partial charge in [-0.05, 0) is 24.6 Å². The molecular formula is C18H18F4N6. The third-order valence-corrected chi connectivity index (χ3v) is 4.01. The molecule has 0 bridgehead atoms. The van der Waals surface area contributed by atoms with E-state index in [0.29, 0.717) is 17.1 Å². The summed E-state index contributed by atoms with van der Waals surface area (Å²) in [5.74, 6) is 0.0908. The van der Waals surface area contributed by atoms with Crippen LogP contribution < -0.4 is 10.2 Å². The van der Waals surface area contributed by atoms with E-state index < -0.39 is 17.7 Å². The highest BCUT2D eigenvalue weighted by atomic mass is 19.4. The molecule has 6 nitrogen and oxygen atoms in total. The number of rotatable bonds is 5. The van der Waals surface area contributed by atoms with Gasteiger partial charge in [0.2, 0.25) is 5.95 Å². The summed E-state index contributed by atoms with van der Waals surface area (Å²) in [7, 11) is 3.16. The number of halogens is 4. The molecule has 3 aromatic rings. The average molecular weight is 394 g/mol. The highest BCUT2D eigenvalue weighted by Crippen LogP contribution is 2.30. The zero-order valence-corrected chi connectivity index (χ0v) is 15.4. The molecule has 148 valence electrons. The van der Waals surface area contributed by atoms with Crippen molar-refractivity contribution >= 4 is 11.8 Å². The fraction of sp³-hybridized carbons (Fsp3) is 0.278. The Hall–Kier alpha value is -3.17. The van der Waals surface area contributed by atoms with Crippen LogP contribution in [0.2, 0.25) is 0 Å². The lowest BCUT2D eigenvalue weighted by molar-refractivity contribution is -0.141. The molecule has 0 aliphatic heterocycles. The first-order chi connectivity index (χ1) is 13.1. The van der Waals surface area contributed by atoms with Crippen LogP contribution in [-0.4, -0.2) is 33.6 Å². The molecule has 10 heteroatoms. The Morgan fingerprint density at radius 3 is 2.46 bits per heavy atom. The largest absolute Gasteiger partial charge is 0.433 e. The van der Waals surface area contributed by atoms with Crippen LogP contribution in [0.1, 0.15) is 17.1 Å². The van der Waals surface area contributed by atoms with Gasteiger partial charge in [0.1, 0.15) is 17.5 Å². The Morgan fingerprint density at radius 2 is 1.89 bits per heavy atom. The SMILES string of the molecule is Cc1nccn1-c1ccc(CNc2nc(N(C)C)cc(C(F)(F)F)n2)cc1F. The van der Waals surface area contributed by atoms with Crippen LogP contribution in [0.4, 0.5) is 29.3 Å². The zero-order chi connectivity index (χ0) is 20.5. The molecule has 0 aliphatic rings. The topological polar surface area (TPSA) is 58.9 Å². The van der Waals surface area contributed by atoms with Crippen molar-refractivity contribution in [3.05, 3.63) is 59.6 Å². The van der Waals surface area contributed by atoms with Gasteiger partial charge in [0.15, 0.2) is 5.69 Å². The number of anilines is 2. The zero-order valence-electron chi connectivity index (χ0n) is 15.4. The van der Waals surface area contributed by atoms with Crippen molar-refractivity contribution in [2.75, 3.05) is 24.3 Å². The van der Waals surface area contributed by atoms with E-state index in [1.54, 1.807) is 50.1 Å². The van der Waals surface area contributed by atoms with Crippen molar-refractivity contribution in [1.29, 1.82) is 0 Å². The molecule has 0 fully saturated rings. The van der Waals surface area contributed by atoms with Crippen LogP contribution in [0.3, 0.4) is 0 Å². The highest BCUT2D eigenvalue weighted by molar-refractivity contribution is 5.45. The van der Waals surface area contributed by atoms with Gasteiger partial charge in [-0.1, -0.05) is 6.07 Å². The summed E-state index contributed by atoms with van der Waals surface area (Å²) in [4.78, 5) is 13.1. The minimum atomic E-state index is -4.60. The second-order valence-electron chi connectivity index (χ2n) is 6.31. The van der Waals surface area contributed by atoms with Crippen LogP contribution in [-0.2, 0) is 12.7 Å². The van der Waals surface area contributed by atoms with E-state index in [9.17, 15) is 17.6 Å². The molecule has 0 saturated carbocycles. The van der Waals surface area contributed by atoms with Crippen molar-refractivity contribution in [2.45, 2.75) is 19.6 Å². The van der Waals surface area contributed by atoms with Crippen molar-refractivity contribution in [3.8, 4) is 5.69 Å². The van der Waals surface area contributed by atoms with Gasteiger partial charge in [-0.15, -0.1) is 0 Å². The first-order valence-corrected chi connectivity index (χ1v) is 8.31. The minimum Gasteiger partial charge on any atom is -0.363 e. The van der Waals surface area contributed by atoms with E-state index >= 15 is 0 Å². The highest BCUT2D eigenvalue weighted by Gasteiger charge is 2.34. The summed E-state index contributed by atoms with van der Waals surface area (Å²) in [6, 6.07) is 5.43. The van der Waals surface area contributed by atoms with Crippen LogP contribution in [0.15, 0.2) is 36.7 Å². The van der Waals surface area contributed by atoms with Gasteiger partial charge < -0.3 is 14.8 Å². The predicted molar refractivity (Wildman–Crippen MR) is 96.9 cm³/mol. The second kappa shape index (κ2) is 7.45.